The lowest BCUT2D eigenvalue weighted by Gasteiger charge is -2.36. The maximum atomic E-state index is 13.0. The summed E-state index contributed by atoms with van der Waals surface area (Å²) in [5.74, 6) is 0.286. The Hall–Kier alpha value is -3.89. The van der Waals surface area contributed by atoms with Gasteiger partial charge in [0.25, 0.3) is 5.91 Å². The molecule has 1 saturated heterocycles. The van der Waals surface area contributed by atoms with E-state index in [1.165, 1.54) is 0 Å². The fraction of sp³-hybridized carbons (Fsp3) is 0.458. The monoisotopic (exact) mass is 481 g/mol. The number of hydrogen-bond donors (Lipinski definition) is 1. The summed E-state index contributed by atoms with van der Waals surface area (Å²) < 4.78 is 12.7. The van der Waals surface area contributed by atoms with Crippen LogP contribution >= 0.6 is 0 Å². The third-order valence-electron chi connectivity index (χ3n) is 5.39. The van der Waals surface area contributed by atoms with Gasteiger partial charge >= 0.3 is 6.09 Å². The van der Waals surface area contributed by atoms with E-state index in [0.717, 1.165) is 11.1 Å². The van der Waals surface area contributed by atoms with Gasteiger partial charge < -0.3 is 24.6 Å². The first-order valence-electron chi connectivity index (χ1n) is 11.6. The molecular weight excluding hydrogens is 450 g/mol. The molecule has 1 aliphatic heterocycles. The van der Waals surface area contributed by atoms with E-state index in [1.807, 2.05) is 33.8 Å². The molecule has 0 saturated carbocycles. The maximum absolute atomic E-state index is 13.0. The molecule has 1 aliphatic rings. The molecule has 4 heterocycles. The van der Waals surface area contributed by atoms with Crippen LogP contribution in [0, 0.1) is 0 Å². The quantitative estimate of drug-likeness (QED) is 0.591. The van der Waals surface area contributed by atoms with Crippen molar-refractivity contribution in [3.63, 3.8) is 0 Å². The zero-order chi connectivity index (χ0) is 25.2. The van der Waals surface area contributed by atoms with Gasteiger partial charge in [0.15, 0.2) is 5.65 Å². The highest BCUT2D eigenvalue weighted by atomic mass is 16.6. The second-order valence-corrected chi connectivity index (χ2v) is 9.30. The number of nitrogens with zero attached hydrogens (tertiary/aromatic N) is 6. The molecule has 11 heteroatoms. The normalized spacial score (nSPS) is 14.2. The van der Waals surface area contributed by atoms with E-state index in [-0.39, 0.29) is 17.9 Å². The molecule has 1 N–H and O–H groups in total. The number of amides is 2. The van der Waals surface area contributed by atoms with Gasteiger partial charge in [-0.3, -0.25) is 9.48 Å². The SMILES string of the molecule is CCOc1nc2nn(C)cc2cc1C(=O)Nc1ccc(N2CCN(C(=O)OC(C)(C)C)CC2)cn1. The van der Waals surface area contributed by atoms with Crippen molar-refractivity contribution in [3.05, 3.63) is 36.2 Å². The molecule has 0 atom stereocenters. The third-order valence-corrected chi connectivity index (χ3v) is 5.39. The van der Waals surface area contributed by atoms with Crippen LogP contribution in [-0.2, 0) is 11.8 Å². The average Bonchev–Trinajstić information content (AvgIpc) is 3.17. The van der Waals surface area contributed by atoms with Gasteiger partial charge in [-0.05, 0) is 45.9 Å². The number of aromatic nitrogens is 4. The van der Waals surface area contributed by atoms with Crippen molar-refractivity contribution in [2.75, 3.05) is 43.0 Å². The molecule has 0 radical (unpaired) electrons. The van der Waals surface area contributed by atoms with E-state index in [0.29, 0.717) is 49.8 Å². The molecule has 3 aromatic rings. The molecule has 3 aromatic heterocycles. The van der Waals surface area contributed by atoms with Crippen LogP contribution in [0.15, 0.2) is 30.6 Å². The van der Waals surface area contributed by atoms with Crippen molar-refractivity contribution in [2.24, 2.45) is 7.05 Å². The van der Waals surface area contributed by atoms with Crippen molar-refractivity contribution >= 4 is 34.5 Å². The van der Waals surface area contributed by atoms with E-state index >= 15 is 0 Å². The minimum Gasteiger partial charge on any atom is -0.477 e. The number of carbonyl (C=O) groups excluding carboxylic acids is 2. The lowest BCUT2D eigenvalue weighted by Crippen LogP contribution is -2.50. The predicted molar refractivity (Wildman–Crippen MR) is 132 cm³/mol. The lowest BCUT2D eigenvalue weighted by molar-refractivity contribution is 0.0240. The van der Waals surface area contributed by atoms with Crippen molar-refractivity contribution < 1.29 is 19.1 Å². The molecule has 1 fully saturated rings. The number of piperazine rings is 1. The maximum Gasteiger partial charge on any atom is 0.410 e. The number of rotatable bonds is 5. The number of pyridine rings is 2. The van der Waals surface area contributed by atoms with Crippen LogP contribution in [0.25, 0.3) is 11.0 Å². The first kappa shape index (κ1) is 24.2. The zero-order valence-electron chi connectivity index (χ0n) is 20.7. The summed E-state index contributed by atoms with van der Waals surface area (Å²) in [7, 11) is 1.80. The minimum atomic E-state index is -0.512. The fourth-order valence-corrected chi connectivity index (χ4v) is 3.77. The zero-order valence-corrected chi connectivity index (χ0v) is 20.7. The summed E-state index contributed by atoms with van der Waals surface area (Å²) >= 11 is 0. The Labute approximate surface area is 204 Å². The molecular formula is C24H31N7O4. The van der Waals surface area contributed by atoms with Crippen LogP contribution in [0.3, 0.4) is 0 Å². The van der Waals surface area contributed by atoms with Crippen LogP contribution in [0.2, 0.25) is 0 Å². The summed E-state index contributed by atoms with van der Waals surface area (Å²) in [6.45, 7) is 10.3. The Morgan fingerprint density at radius 3 is 2.51 bits per heavy atom. The standard InChI is InChI=1S/C24H31N7O4/c1-6-34-22-18(13-16-15-29(5)28-20(16)27-22)21(32)26-19-8-7-17(14-25-19)30-9-11-31(12-10-30)23(33)35-24(2,3)4/h7-8,13-15H,6,9-12H2,1-5H3,(H,25,26,32). The second-order valence-electron chi connectivity index (χ2n) is 9.30. The average molecular weight is 482 g/mol. The number of nitrogens with one attached hydrogen (secondary N) is 1. The molecule has 0 bridgehead atoms. The first-order valence-corrected chi connectivity index (χ1v) is 11.6. The molecule has 4 rings (SSSR count). The molecule has 0 aliphatic carbocycles. The van der Waals surface area contributed by atoms with E-state index in [4.69, 9.17) is 9.47 Å². The number of anilines is 2. The van der Waals surface area contributed by atoms with Crippen LogP contribution in [0.5, 0.6) is 5.88 Å². The number of fused-ring (bicyclic) bond motifs is 1. The highest BCUT2D eigenvalue weighted by Gasteiger charge is 2.26. The number of aryl methyl sites for hydroxylation is 1. The van der Waals surface area contributed by atoms with Gasteiger partial charge in [-0.25, -0.2) is 9.78 Å². The van der Waals surface area contributed by atoms with Gasteiger partial charge in [0, 0.05) is 44.8 Å². The number of hydrogen-bond acceptors (Lipinski definition) is 8. The highest BCUT2D eigenvalue weighted by molar-refractivity contribution is 6.07. The summed E-state index contributed by atoms with van der Waals surface area (Å²) in [4.78, 5) is 37.9. The van der Waals surface area contributed by atoms with Crippen LogP contribution in [0.4, 0.5) is 16.3 Å². The smallest absolute Gasteiger partial charge is 0.410 e. The molecule has 11 nitrogen and oxygen atoms in total. The van der Waals surface area contributed by atoms with E-state index in [1.54, 1.807) is 41.2 Å². The van der Waals surface area contributed by atoms with Gasteiger partial charge in [0.2, 0.25) is 5.88 Å². The van der Waals surface area contributed by atoms with Crippen LogP contribution in [-0.4, -0.2) is 75.0 Å². The Morgan fingerprint density at radius 1 is 1.14 bits per heavy atom. The Kier molecular flexibility index (Phi) is 6.77. The van der Waals surface area contributed by atoms with Gasteiger partial charge in [0.05, 0.1) is 18.5 Å². The van der Waals surface area contributed by atoms with E-state index < -0.39 is 5.60 Å². The van der Waals surface area contributed by atoms with Gasteiger partial charge in [0.1, 0.15) is 17.0 Å². The van der Waals surface area contributed by atoms with Crippen molar-refractivity contribution in [1.82, 2.24) is 24.6 Å². The summed E-state index contributed by atoms with van der Waals surface area (Å²) in [6.07, 6.45) is 3.22. The molecule has 0 aromatic carbocycles. The summed E-state index contributed by atoms with van der Waals surface area (Å²) in [5.41, 5.74) is 1.24. The van der Waals surface area contributed by atoms with Crippen LogP contribution < -0.4 is 15.0 Å². The molecule has 35 heavy (non-hydrogen) atoms. The van der Waals surface area contributed by atoms with Crippen molar-refractivity contribution in [3.8, 4) is 5.88 Å². The van der Waals surface area contributed by atoms with Gasteiger partial charge in [-0.2, -0.15) is 10.1 Å². The predicted octanol–water partition coefficient (Wildman–Crippen LogP) is 3.07. The number of carbonyl (C=O) groups is 2. The highest BCUT2D eigenvalue weighted by Crippen LogP contribution is 2.24. The molecule has 0 spiro atoms. The van der Waals surface area contributed by atoms with Crippen molar-refractivity contribution in [1.29, 1.82) is 0 Å². The largest absolute Gasteiger partial charge is 0.477 e. The van der Waals surface area contributed by atoms with Crippen molar-refractivity contribution in [2.45, 2.75) is 33.3 Å². The summed E-state index contributed by atoms with van der Waals surface area (Å²) in [6, 6.07) is 5.37. The fourth-order valence-electron chi connectivity index (χ4n) is 3.77. The molecule has 186 valence electrons. The summed E-state index contributed by atoms with van der Waals surface area (Å²) in [5, 5.41) is 7.84. The Morgan fingerprint density at radius 2 is 1.89 bits per heavy atom. The minimum absolute atomic E-state index is 0.232. The van der Waals surface area contributed by atoms with E-state index in [9.17, 15) is 9.59 Å². The molecule has 2 amide bonds. The first-order chi connectivity index (χ1) is 16.6. The van der Waals surface area contributed by atoms with Gasteiger partial charge in [-0.1, -0.05) is 0 Å². The Balaban J connectivity index is 1.40. The Bertz CT molecular complexity index is 1210. The third kappa shape index (κ3) is 5.79. The second kappa shape index (κ2) is 9.77. The van der Waals surface area contributed by atoms with Gasteiger partial charge in [-0.15, -0.1) is 0 Å². The molecule has 0 unspecified atom stereocenters. The van der Waals surface area contributed by atoms with E-state index in [2.05, 4.69) is 25.3 Å². The number of ether oxygens (including phenoxy) is 2. The van der Waals surface area contributed by atoms with Crippen LogP contribution in [0.1, 0.15) is 38.1 Å². The topological polar surface area (TPSA) is 115 Å². The lowest BCUT2D eigenvalue weighted by atomic mass is 10.2.